The minimum Gasteiger partial charge on any atom is -0.327 e. The van der Waals surface area contributed by atoms with Gasteiger partial charge in [-0.2, -0.15) is 0 Å². The van der Waals surface area contributed by atoms with Gasteiger partial charge in [-0.05, 0) is 6.92 Å². The number of carbonyl (C=O) groups excluding carboxylic acids is 2. The lowest BCUT2D eigenvalue weighted by molar-refractivity contribution is -0.124. The maximum absolute atomic E-state index is 11.7. The second kappa shape index (κ2) is 4.36. The zero-order valence-electron chi connectivity index (χ0n) is 8.44. The van der Waals surface area contributed by atoms with Crippen LogP contribution in [0.3, 0.4) is 0 Å². The fraction of sp³-hybridized carbons (Fsp3) is 0.375. The number of hydrogen-bond donors (Lipinski definition) is 3. The van der Waals surface area contributed by atoms with Crippen molar-refractivity contribution in [3.05, 3.63) is 16.1 Å². The Morgan fingerprint density at radius 1 is 1.56 bits per heavy atom. The molecule has 0 aliphatic carbocycles. The largest absolute Gasteiger partial charge is 0.327 e. The number of halogens is 1. The third-order valence-electron chi connectivity index (χ3n) is 2.40. The first-order valence-electron chi connectivity index (χ1n) is 4.34. The summed E-state index contributed by atoms with van der Waals surface area (Å²) >= 11 is 1.41. The van der Waals surface area contributed by atoms with E-state index in [1.807, 2.05) is 6.92 Å². The van der Waals surface area contributed by atoms with Gasteiger partial charge in [-0.1, -0.05) is 0 Å². The number of urea groups is 1. The van der Waals surface area contributed by atoms with Gasteiger partial charge < -0.3 is 11.1 Å². The van der Waals surface area contributed by atoms with E-state index in [-0.39, 0.29) is 19.0 Å². The van der Waals surface area contributed by atoms with E-state index in [0.29, 0.717) is 5.69 Å². The Balaban J connectivity index is 0.00000128. The Morgan fingerprint density at radius 2 is 2.25 bits per heavy atom. The smallest absolute Gasteiger partial charge is 0.322 e. The molecule has 1 unspecified atom stereocenters. The van der Waals surface area contributed by atoms with Crippen molar-refractivity contribution in [1.82, 2.24) is 15.6 Å². The molecule has 1 saturated heterocycles. The highest BCUT2D eigenvalue weighted by Crippen LogP contribution is 2.27. The van der Waals surface area contributed by atoms with E-state index in [0.717, 1.165) is 4.88 Å². The molecular formula is C8H11ClN4O2S. The Morgan fingerprint density at radius 3 is 2.62 bits per heavy atom. The quantitative estimate of drug-likeness (QED) is 0.647. The third kappa shape index (κ3) is 1.66. The average molecular weight is 263 g/mol. The molecule has 0 spiro atoms. The molecule has 16 heavy (non-hydrogen) atoms. The molecule has 1 aliphatic heterocycles. The summed E-state index contributed by atoms with van der Waals surface area (Å²) in [5, 5.41) is 4.70. The molecule has 4 N–H and O–H groups in total. The van der Waals surface area contributed by atoms with Crippen molar-refractivity contribution in [2.75, 3.05) is 6.54 Å². The van der Waals surface area contributed by atoms with Crippen molar-refractivity contribution >= 4 is 35.7 Å². The van der Waals surface area contributed by atoms with Gasteiger partial charge in [0.1, 0.15) is 0 Å². The number of carbonyl (C=O) groups is 2. The molecule has 88 valence electrons. The highest BCUT2D eigenvalue weighted by molar-refractivity contribution is 7.09. The van der Waals surface area contributed by atoms with Gasteiger partial charge in [0.25, 0.3) is 5.91 Å². The lowest BCUT2D eigenvalue weighted by Gasteiger charge is -2.22. The summed E-state index contributed by atoms with van der Waals surface area (Å²) in [6, 6.07) is -0.530. The fourth-order valence-corrected chi connectivity index (χ4v) is 2.27. The van der Waals surface area contributed by atoms with Crippen molar-refractivity contribution in [3.8, 4) is 0 Å². The van der Waals surface area contributed by atoms with Crippen molar-refractivity contribution in [1.29, 1.82) is 0 Å². The SMILES string of the molecule is Cc1scnc1C1(CN)NC(=O)NC1=O.Cl. The van der Waals surface area contributed by atoms with Crippen molar-refractivity contribution in [2.45, 2.75) is 12.5 Å². The highest BCUT2D eigenvalue weighted by Gasteiger charge is 2.49. The molecule has 6 nitrogen and oxygen atoms in total. The van der Waals surface area contributed by atoms with Crippen LogP contribution in [0.5, 0.6) is 0 Å². The number of nitrogens with one attached hydrogen (secondary N) is 2. The zero-order chi connectivity index (χ0) is 11.1. The Kier molecular flexibility index (Phi) is 3.51. The number of thiazole rings is 1. The van der Waals surface area contributed by atoms with Crippen molar-refractivity contribution in [2.24, 2.45) is 5.73 Å². The fourth-order valence-electron chi connectivity index (χ4n) is 1.61. The third-order valence-corrected chi connectivity index (χ3v) is 3.15. The topological polar surface area (TPSA) is 97.1 Å². The predicted molar refractivity (Wildman–Crippen MR) is 61.5 cm³/mol. The van der Waals surface area contributed by atoms with Crippen molar-refractivity contribution < 1.29 is 9.59 Å². The van der Waals surface area contributed by atoms with Crippen LogP contribution >= 0.6 is 23.7 Å². The first kappa shape index (κ1) is 12.9. The second-order valence-corrected chi connectivity index (χ2v) is 4.33. The summed E-state index contributed by atoms with van der Waals surface area (Å²) in [6.45, 7) is 1.83. The van der Waals surface area contributed by atoms with Crippen LogP contribution in [0, 0.1) is 6.92 Å². The maximum atomic E-state index is 11.7. The predicted octanol–water partition coefficient (Wildman–Crippen LogP) is -0.133. The van der Waals surface area contributed by atoms with Crippen LogP contribution < -0.4 is 16.4 Å². The molecule has 1 aliphatic rings. The van der Waals surface area contributed by atoms with Gasteiger partial charge in [-0.15, -0.1) is 23.7 Å². The standard InChI is InChI=1S/C8H10N4O2S.ClH/c1-4-5(10-3-15-4)8(2-9)6(13)11-7(14)12-8;/h3H,2,9H2,1H3,(H2,11,12,13,14);1H. The molecule has 1 atom stereocenters. The van der Waals surface area contributed by atoms with E-state index in [9.17, 15) is 9.59 Å². The normalized spacial score (nSPS) is 23.6. The van der Waals surface area contributed by atoms with E-state index in [1.54, 1.807) is 5.51 Å². The van der Waals surface area contributed by atoms with Crippen LogP contribution in [0.2, 0.25) is 0 Å². The Hall–Kier alpha value is -1.18. The summed E-state index contributed by atoms with van der Waals surface area (Å²) in [5.74, 6) is -0.441. The van der Waals surface area contributed by atoms with E-state index in [2.05, 4.69) is 15.6 Å². The van der Waals surface area contributed by atoms with Gasteiger partial charge in [0.05, 0.1) is 11.2 Å². The Labute approximate surface area is 102 Å². The molecule has 1 fully saturated rings. The van der Waals surface area contributed by atoms with Crippen LogP contribution in [-0.2, 0) is 10.3 Å². The second-order valence-electron chi connectivity index (χ2n) is 3.27. The molecule has 0 aromatic carbocycles. The molecule has 2 rings (SSSR count). The summed E-state index contributed by atoms with van der Waals surface area (Å²) in [5.41, 5.74) is 6.53. The van der Waals surface area contributed by atoms with E-state index in [4.69, 9.17) is 5.73 Å². The minimum absolute atomic E-state index is 0. The molecule has 1 aromatic heterocycles. The number of imide groups is 1. The van der Waals surface area contributed by atoms with Gasteiger partial charge in [0, 0.05) is 11.4 Å². The average Bonchev–Trinajstić information content (AvgIpc) is 2.71. The van der Waals surface area contributed by atoms with E-state index in [1.165, 1.54) is 11.3 Å². The number of amides is 3. The van der Waals surface area contributed by atoms with Gasteiger partial charge in [-0.25, -0.2) is 9.78 Å². The lowest BCUT2D eigenvalue weighted by Crippen LogP contribution is -2.50. The summed E-state index contributed by atoms with van der Waals surface area (Å²) in [4.78, 5) is 27.8. The van der Waals surface area contributed by atoms with Crippen LogP contribution in [0.25, 0.3) is 0 Å². The number of aryl methyl sites for hydroxylation is 1. The Bertz CT molecular complexity index is 435. The molecule has 2 heterocycles. The van der Waals surface area contributed by atoms with Crippen LogP contribution in [-0.4, -0.2) is 23.5 Å². The summed E-state index contributed by atoms with van der Waals surface area (Å²) in [7, 11) is 0. The van der Waals surface area contributed by atoms with Crippen LogP contribution in [0.4, 0.5) is 4.79 Å². The maximum Gasteiger partial charge on any atom is 0.322 e. The van der Waals surface area contributed by atoms with E-state index >= 15 is 0 Å². The highest BCUT2D eigenvalue weighted by atomic mass is 35.5. The summed E-state index contributed by atoms with van der Waals surface area (Å²) in [6.07, 6.45) is 0. The first-order chi connectivity index (χ1) is 7.10. The van der Waals surface area contributed by atoms with Crippen molar-refractivity contribution in [3.63, 3.8) is 0 Å². The lowest BCUT2D eigenvalue weighted by atomic mass is 9.95. The number of rotatable bonds is 2. The molecule has 8 heteroatoms. The zero-order valence-corrected chi connectivity index (χ0v) is 10.1. The van der Waals surface area contributed by atoms with Crippen LogP contribution in [0.1, 0.15) is 10.6 Å². The minimum atomic E-state index is -1.19. The van der Waals surface area contributed by atoms with Crippen LogP contribution in [0.15, 0.2) is 5.51 Å². The monoisotopic (exact) mass is 262 g/mol. The van der Waals surface area contributed by atoms with Gasteiger partial charge in [0.15, 0.2) is 5.54 Å². The number of nitrogens with zero attached hydrogens (tertiary/aromatic N) is 1. The number of nitrogens with two attached hydrogens (primary N) is 1. The van der Waals surface area contributed by atoms with Gasteiger partial charge >= 0.3 is 6.03 Å². The van der Waals surface area contributed by atoms with E-state index < -0.39 is 17.5 Å². The summed E-state index contributed by atoms with van der Waals surface area (Å²) < 4.78 is 0. The van der Waals surface area contributed by atoms with Gasteiger partial charge in [-0.3, -0.25) is 10.1 Å². The molecule has 0 radical (unpaired) electrons. The molecule has 3 amide bonds. The molecule has 0 bridgehead atoms. The molecule has 1 aromatic rings. The number of hydrogen-bond acceptors (Lipinski definition) is 5. The first-order valence-corrected chi connectivity index (χ1v) is 5.22. The van der Waals surface area contributed by atoms with Gasteiger partial charge in [0.2, 0.25) is 0 Å². The molecule has 0 saturated carbocycles. The molecular weight excluding hydrogens is 252 g/mol. The number of aromatic nitrogens is 1.